The molecule has 0 atom stereocenters. The van der Waals surface area contributed by atoms with Gasteiger partial charge in [-0.2, -0.15) is 0 Å². The van der Waals surface area contributed by atoms with Gasteiger partial charge in [0.2, 0.25) is 5.75 Å². The van der Waals surface area contributed by atoms with E-state index in [0.29, 0.717) is 81.4 Å². The first-order chi connectivity index (χ1) is 29.2. The number of rotatable bonds is 16. The number of hydrogen-bond acceptors (Lipinski definition) is 11. The fourth-order valence-corrected chi connectivity index (χ4v) is 8.43. The summed E-state index contributed by atoms with van der Waals surface area (Å²) in [4.78, 5) is 40.1. The molecule has 2 aromatic rings. The molecule has 320 valence electrons. The molecule has 0 bridgehead atoms. The number of methoxy groups -OCH3 is 4. The zero-order chi connectivity index (χ0) is 42.4. The maximum Gasteiger partial charge on any atom is 0.336 e. The predicted molar refractivity (Wildman–Crippen MR) is 231 cm³/mol. The third-order valence-electron chi connectivity index (χ3n) is 11.8. The minimum atomic E-state index is -0.613. The van der Waals surface area contributed by atoms with Crippen LogP contribution in [0.1, 0.15) is 120 Å². The number of ether oxygens (including phenoxy) is 7. The van der Waals surface area contributed by atoms with Crippen LogP contribution in [-0.2, 0) is 23.9 Å². The first-order valence-electron chi connectivity index (χ1n) is 21.3. The quantitative estimate of drug-likeness (QED) is 0.0987. The first-order valence-corrected chi connectivity index (χ1v) is 21.3. The van der Waals surface area contributed by atoms with Gasteiger partial charge in [-0.05, 0) is 85.6 Å². The third-order valence-corrected chi connectivity index (χ3v) is 11.8. The Bertz CT molecular complexity index is 2070. The molecule has 2 saturated carbocycles. The second kappa shape index (κ2) is 21.5. The van der Waals surface area contributed by atoms with Crippen molar-refractivity contribution in [2.24, 2.45) is 11.8 Å². The maximum atomic E-state index is 13.6. The molecule has 6 rings (SSSR count). The highest BCUT2D eigenvalue weighted by atomic mass is 16.6. The van der Waals surface area contributed by atoms with Crippen LogP contribution >= 0.6 is 0 Å². The van der Waals surface area contributed by atoms with Crippen molar-refractivity contribution in [1.82, 2.24) is 5.32 Å². The summed E-state index contributed by atoms with van der Waals surface area (Å²) in [6.07, 6.45) is 26.7. The van der Waals surface area contributed by atoms with Crippen molar-refractivity contribution in [1.29, 1.82) is 0 Å². The largest absolute Gasteiger partial charge is 0.497 e. The van der Waals surface area contributed by atoms with E-state index in [1.807, 2.05) is 25.2 Å². The number of benzene rings is 2. The first kappa shape index (κ1) is 43.9. The average molecular weight is 822 g/mol. The topological polar surface area (TPSA) is 128 Å². The molecular formula is C49H59NO10. The number of hydrogen-bond donors (Lipinski definition) is 1. The summed E-state index contributed by atoms with van der Waals surface area (Å²) in [6.45, 7) is 1.90. The summed E-state index contributed by atoms with van der Waals surface area (Å²) in [7, 11) is 6.10. The number of allylic oxidation sites excluding steroid dienone is 6. The molecule has 0 amide bonds. The van der Waals surface area contributed by atoms with Crippen LogP contribution in [0.4, 0.5) is 0 Å². The SMILES string of the molecule is COC1=CC(OC(=O)/C=C/C(=C2\NC=Cc3c2cc(OC)c(OC)c3OC(=O)CCC2CCCCC2)c2ccc(OC(=O)CCC3CCCCC3)c(OC)c2)=C(C)CC=C1. The average Bonchev–Trinajstić information content (AvgIpc) is 3.45. The number of nitrogens with one attached hydrogen (secondary N) is 1. The standard InChI is InChI=1S/C49H59NO10/c1-32-13-12-18-36(54-2)30-41(32)59-45(52)26-22-37(35-21-23-40(42(29-35)55-3)58-44(51)24-19-33-14-8-6-9-15-33)47-39-31-43(56-4)49(57-5)48(38(39)27-28-50-47)60-46(53)25-20-34-16-10-7-11-17-34/h12,18,21-23,26-31,33-34,50H,6-11,13-17,19-20,24-25H2,1-5H3/b26-22+,47-37+. The Balaban J connectivity index is 1.37. The van der Waals surface area contributed by atoms with Crippen LogP contribution in [0.25, 0.3) is 17.3 Å². The van der Waals surface area contributed by atoms with Gasteiger partial charge in [0, 0.05) is 47.9 Å². The highest BCUT2D eigenvalue weighted by molar-refractivity contribution is 6.02. The predicted octanol–water partition coefficient (Wildman–Crippen LogP) is 10.5. The van der Waals surface area contributed by atoms with Crippen LogP contribution in [0, 0.1) is 11.8 Å². The normalized spacial score (nSPS) is 17.9. The second-order valence-electron chi connectivity index (χ2n) is 15.8. The summed E-state index contributed by atoms with van der Waals surface area (Å²) in [5.41, 5.74) is 3.80. The van der Waals surface area contributed by atoms with E-state index in [0.717, 1.165) is 44.1 Å². The second-order valence-corrected chi connectivity index (χ2v) is 15.8. The van der Waals surface area contributed by atoms with Crippen molar-refractivity contribution in [3.05, 3.63) is 94.6 Å². The van der Waals surface area contributed by atoms with E-state index in [-0.39, 0.29) is 29.9 Å². The highest BCUT2D eigenvalue weighted by Gasteiger charge is 2.28. The van der Waals surface area contributed by atoms with E-state index in [1.165, 1.54) is 65.9 Å². The van der Waals surface area contributed by atoms with Crippen molar-refractivity contribution >= 4 is 35.3 Å². The summed E-state index contributed by atoms with van der Waals surface area (Å²) >= 11 is 0. The van der Waals surface area contributed by atoms with Gasteiger partial charge in [0.1, 0.15) is 11.5 Å². The summed E-state index contributed by atoms with van der Waals surface area (Å²) in [6, 6.07) is 7.05. The number of esters is 3. The molecule has 3 aliphatic carbocycles. The lowest BCUT2D eigenvalue weighted by atomic mass is 9.86. The molecule has 2 fully saturated rings. The lowest BCUT2D eigenvalue weighted by molar-refractivity contribution is -0.135. The third kappa shape index (κ3) is 11.3. The fraction of sp³-hybridized carbons (Fsp3) is 0.449. The van der Waals surface area contributed by atoms with E-state index >= 15 is 0 Å². The van der Waals surface area contributed by atoms with Gasteiger partial charge >= 0.3 is 17.9 Å². The molecule has 1 N–H and O–H groups in total. The molecule has 0 radical (unpaired) electrons. The number of carbonyl (C=O) groups is 3. The van der Waals surface area contributed by atoms with E-state index in [1.54, 1.807) is 49.7 Å². The van der Waals surface area contributed by atoms with Gasteiger partial charge < -0.3 is 38.5 Å². The zero-order valence-electron chi connectivity index (χ0n) is 35.7. The van der Waals surface area contributed by atoms with E-state index in [4.69, 9.17) is 33.2 Å². The number of carbonyl (C=O) groups excluding carboxylic acids is 3. The molecule has 11 nitrogen and oxygen atoms in total. The monoisotopic (exact) mass is 821 g/mol. The molecular weight excluding hydrogens is 763 g/mol. The van der Waals surface area contributed by atoms with Crippen molar-refractivity contribution < 1.29 is 47.5 Å². The Morgan fingerprint density at radius 3 is 2.00 bits per heavy atom. The number of fused-ring (bicyclic) bond motifs is 1. The summed E-state index contributed by atoms with van der Waals surface area (Å²) in [5, 5.41) is 3.37. The molecule has 0 saturated heterocycles. The molecule has 4 aliphatic rings. The van der Waals surface area contributed by atoms with Crippen molar-refractivity contribution in [2.45, 2.75) is 103 Å². The van der Waals surface area contributed by atoms with Crippen molar-refractivity contribution in [3.63, 3.8) is 0 Å². The van der Waals surface area contributed by atoms with E-state index in [9.17, 15) is 14.4 Å². The fourth-order valence-electron chi connectivity index (χ4n) is 8.43. The van der Waals surface area contributed by atoms with Crippen molar-refractivity contribution in [2.75, 3.05) is 28.4 Å². The molecule has 0 aromatic heterocycles. The molecule has 11 heteroatoms. The van der Waals surface area contributed by atoms with Crippen LogP contribution in [0.5, 0.6) is 28.7 Å². The van der Waals surface area contributed by atoms with E-state index < -0.39 is 5.97 Å². The lowest BCUT2D eigenvalue weighted by Crippen LogP contribution is -2.17. The van der Waals surface area contributed by atoms with Crippen LogP contribution < -0.4 is 29.0 Å². The van der Waals surface area contributed by atoms with Crippen LogP contribution in [0.2, 0.25) is 0 Å². The molecule has 2 aromatic carbocycles. The Morgan fingerprint density at radius 1 is 0.700 bits per heavy atom. The molecule has 0 unspecified atom stereocenters. The Labute approximate surface area is 354 Å². The van der Waals surface area contributed by atoms with Gasteiger partial charge in [0.25, 0.3) is 0 Å². The van der Waals surface area contributed by atoms with E-state index in [2.05, 4.69) is 5.32 Å². The van der Waals surface area contributed by atoms with Crippen LogP contribution in [-0.4, -0.2) is 46.3 Å². The zero-order valence-corrected chi connectivity index (χ0v) is 35.7. The highest BCUT2D eigenvalue weighted by Crippen LogP contribution is 2.47. The minimum absolute atomic E-state index is 0.233. The molecule has 1 aliphatic heterocycles. The smallest absolute Gasteiger partial charge is 0.336 e. The van der Waals surface area contributed by atoms with Gasteiger partial charge in [0.05, 0.1) is 34.1 Å². The minimum Gasteiger partial charge on any atom is -0.497 e. The van der Waals surface area contributed by atoms with Gasteiger partial charge in [-0.1, -0.05) is 76.4 Å². The molecule has 0 spiro atoms. The Kier molecular flexibility index (Phi) is 15.7. The molecule has 1 heterocycles. The van der Waals surface area contributed by atoms with Gasteiger partial charge in [-0.3, -0.25) is 9.59 Å². The van der Waals surface area contributed by atoms with Gasteiger partial charge in [0.15, 0.2) is 23.0 Å². The van der Waals surface area contributed by atoms with Gasteiger partial charge in [-0.25, -0.2) is 4.79 Å². The lowest BCUT2D eigenvalue weighted by Gasteiger charge is -2.25. The van der Waals surface area contributed by atoms with Crippen LogP contribution in [0.15, 0.2) is 77.9 Å². The summed E-state index contributed by atoms with van der Waals surface area (Å²) < 4.78 is 40.6. The summed E-state index contributed by atoms with van der Waals surface area (Å²) in [5.74, 6) is 2.23. The van der Waals surface area contributed by atoms with Crippen LogP contribution in [0.3, 0.4) is 0 Å². The Morgan fingerprint density at radius 2 is 1.37 bits per heavy atom. The van der Waals surface area contributed by atoms with Crippen molar-refractivity contribution in [3.8, 4) is 28.7 Å². The van der Waals surface area contributed by atoms with Gasteiger partial charge in [-0.15, -0.1) is 0 Å². The molecule has 60 heavy (non-hydrogen) atoms. The Hall–Kier alpha value is -5.71. The maximum absolute atomic E-state index is 13.6.